The molecule has 0 saturated carbocycles. The number of hydrogen-bond acceptors (Lipinski definition) is 3. The van der Waals surface area contributed by atoms with Gasteiger partial charge in [0.1, 0.15) is 0 Å². The highest BCUT2D eigenvalue weighted by atomic mass is 16.4. The summed E-state index contributed by atoms with van der Waals surface area (Å²) >= 11 is 0. The Morgan fingerprint density at radius 2 is 1.93 bits per heavy atom. The van der Waals surface area contributed by atoms with Crippen LogP contribution in [0.1, 0.15) is 19.8 Å². The average molecular weight is 209 g/mol. The summed E-state index contributed by atoms with van der Waals surface area (Å²) in [4.78, 5) is 21.1. The van der Waals surface area contributed by atoms with Crippen LogP contribution in [0.3, 0.4) is 0 Å². The van der Waals surface area contributed by atoms with E-state index in [2.05, 4.69) is 0 Å². The third-order valence-corrected chi connectivity index (χ3v) is 1.58. The minimum atomic E-state index is -1.20. The zero-order valence-electron chi connectivity index (χ0n) is 8.23. The molecule has 0 spiro atoms. The molecule has 2 N–H and O–H groups in total. The Morgan fingerprint density at radius 1 is 1.33 bits per heavy atom. The van der Waals surface area contributed by atoms with Gasteiger partial charge in [-0.1, -0.05) is 6.08 Å². The van der Waals surface area contributed by atoms with Crippen LogP contribution in [-0.2, 0) is 9.59 Å². The van der Waals surface area contributed by atoms with Gasteiger partial charge in [0, 0.05) is 12.0 Å². The summed E-state index contributed by atoms with van der Waals surface area (Å²) in [5.41, 5.74) is -0.161. The van der Waals surface area contributed by atoms with Crippen molar-refractivity contribution in [3.8, 4) is 6.07 Å². The number of allylic oxidation sites excluding steroid dienone is 1. The first-order chi connectivity index (χ1) is 6.99. The van der Waals surface area contributed by atoms with Crippen LogP contribution >= 0.6 is 0 Å². The molecule has 0 saturated heterocycles. The van der Waals surface area contributed by atoms with Gasteiger partial charge >= 0.3 is 11.9 Å². The highest BCUT2D eigenvalue weighted by molar-refractivity contribution is 5.94. The molecular weight excluding hydrogens is 198 g/mol. The molecule has 0 rings (SSSR count). The van der Waals surface area contributed by atoms with Crippen LogP contribution in [0.25, 0.3) is 0 Å². The van der Waals surface area contributed by atoms with Crippen LogP contribution in [0.15, 0.2) is 23.3 Å². The fraction of sp³-hybridized carbons (Fsp3) is 0.300. The van der Waals surface area contributed by atoms with E-state index in [1.54, 1.807) is 0 Å². The summed E-state index contributed by atoms with van der Waals surface area (Å²) in [7, 11) is 0. The van der Waals surface area contributed by atoms with Gasteiger partial charge in [0.05, 0.1) is 11.6 Å². The Bertz CT molecular complexity index is 360. The van der Waals surface area contributed by atoms with E-state index < -0.39 is 11.9 Å². The third-order valence-electron chi connectivity index (χ3n) is 1.58. The van der Waals surface area contributed by atoms with Gasteiger partial charge in [-0.05, 0) is 19.4 Å². The van der Waals surface area contributed by atoms with Crippen molar-refractivity contribution in [1.82, 2.24) is 0 Å². The second kappa shape index (κ2) is 6.38. The van der Waals surface area contributed by atoms with Crippen molar-refractivity contribution in [2.45, 2.75) is 19.8 Å². The molecule has 0 aliphatic carbocycles. The molecule has 0 aromatic rings. The standard InChI is InChI=1S/C10H11NO4/c1-7(9(12)13)6-8(10(14)15)4-2-3-5-11/h4,6H,2-3H2,1H3,(H,12,13)(H,14,15). The molecule has 15 heavy (non-hydrogen) atoms. The maximum atomic E-state index is 10.7. The SMILES string of the molecule is CC(=CC(=CCCC#N)C(=O)O)C(=O)O. The Balaban J connectivity index is 4.77. The topological polar surface area (TPSA) is 98.4 Å². The lowest BCUT2D eigenvalue weighted by Crippen LogP contribution is -2.02. The maximum Gasteiger partial charge on any atom is 0.335 e. The average Bonchev–Trinajstić information content (AvgIpc) is 2.15. The second-order valence-electron chi connectivity index (χ2n) is 2.79. The van der Waals surface area contributed by atoms with E-state index in [1.807, 2.05) is 6.07 Å². The predicted molar refractivity (Wildman–Crippen MR) is 52.0 cm³/mol. The molecular formula is C10H11NO4. The zero-order valence-corrected chi connectivity index (χ0v) is 8.23. The monoisotopic (exact) mass is 209 g/mol. The summed E-state index contributed by atoms with van der Waals surface area (Å²) in [5.74, 6) is -2.36. The molecule has 0 bridgehead atoms. The highest BCUT2D eigenvalue weighted by Crippen LogP contribution is 2.05. The number of nitrogens with zero attached hydrogens (tertiary/aromatic N) is 1. The lowest BCUT2D eigenvalue weighted by atomic mass is 10.1. The van der Waals surface area contributed by atoms with Crippen molar-refractivity contribution in [2.75, 3.05) is 0 Å². The minimum Gasteiger partial charge on any atom is -0.478 e. The van der Waals surface area contributed by atoms with Gasteiger partial charge in [0.2, 0.25) is 0 Å². The summed E-state index contributed by atoms with van der Waals surface area (Å²) in [6.45, 7) is 1.31. The number of unbranched alkanes of at least 4 members (excludes halogenated alkanes) is 1. The Morgan fingerprint density at radius 3 is 2.33 bits per heavy atom. The molecule has 0 aromatic heterocycles. The smallest absolute Gasteiger partial charge is 0.335 e. The quantitative estimate of drug-likeness (QED) is 0.404. The van der Waals surface area contributed by atoms with E-state index in [0.717, 1.165) is 6.08 Å². The first-order valence-corrected chi connectivity index (χ1v) is 4.21. The summed E-state index contributed by atoms with van der Waals surface area (Å²) in [6, 6.07) is 1.86. The number of rotatable bonds is 5. The largest absolute Gasteiger partial charge is 0.478 e. The van der Waals surface area contributed by atoms with Gasteiger partial charge in [-0.15, -0.1) is 0 Å². The van der Waals surface area contributed by atoms with E-state index in [9.17, 15) is 9.59 Å². The normalized spacial score (nSPS) is 12.0. The van der Waals surface area contributed by atoms with Crippen LogP contribution < -0.4 is 0 Å². The van der Waals surface area contributed by atoms with E-state index in [1.165, 1.54) is 13.0 Å². The van der Waals surface area contributed by atoms with E-state index in [4.69, 9.17) is 15.5 Å². The predicted octanol–water partition coefficient (Wildman–Crippen LogP) is 1.33. The van der Waals surface area contributed by atoms with E-state index in [0.29, 0.717) is 6.42 Å². The zero-order chi connectivity index (χ0) is 11.8. The van der Waals surface area contributed by atoms with Gasteiger partial charge < -0.3 is 10.2 Å². The van der Waals surface area contributed by atoms with Crippen molar-refractivity contribution in [3.63, 3.8) is 0 Å². The van der Waals surface area contributed by atoms with Crippen molar-refractivity contribution in [2.24, 2.45) is 0 Å². The van der Waals surface area contributed by atoms with Crippen LogP contribution in [0, 0.1) is 11.3 Å². The van der Waals surface area contributed by atoms with Gasteiger partial charge in [0.15, 0.2) is 0 Å². The van der Waals surface area contributed by atoms with Crippen LogP contribution in [0.5, 0.6) is 0 Å². The molecule has 0 heterocycles. The number of hydrogen-bond donors (Lipinski definition) is 2. The highest BCUT2D eigenvalue weighted by Gasteiger charge is 2.07. The van der Waals surface area contributed by atoms with E-state index >= 15 is 0 Å². The van der Waals surface area contributed by atoms with Crippen molar-refractivity contribution < 1.29 is 19.8 Å². The maximum absolute atomic E-state index is 10.7. The lowest BCUT2D eigenvalue weighted by molar-refractivity contribution is -0.132. The molecule has 5 nitrogen and oxygen atoms in total. The Labute approximate surface area is 86.9 Å². The minimum absolute atomic E-state index is 0.0550. The number of aliphatic carboxylic acids is 2. The third kappa shape index (κ3) is 5.26. The van der Waals surface area contributed by atoms with Crippen LogP contribution in [-0.4, -0.2) is 22.2 Å². The van der Waals surface area contributed by atoms with E-state index in [-0.39, 0.29) is 17.6 Å². The van der Waals surface area contributed by atoms with Gasteiger partial charge in [0.25, 0.3) is 0 Å². The molecule has 5 heteroatoms. The number of carbonyl (C=O) groups is 2. The lowest BCUT2D eigenvalue weighted by Gasteiger charge is -1.96. The summed E-state index contributed by atoms with van der Waals surface area (Å²) in [5, 5.41) is 25.5. The Kier molecular flexibility index (Phi) is 5.49. The molecule has 80 valence electrons. The van der Waals surface area contributed by atoms with Crippen molar-refractivity contribution in [1.29, 1.82) is 5.26 Å². The summed E-state index contributed by atoms with van der Waals surface area (Å²) in [6.07, 6.45) is 2.90. The molecule has 0 radical (unpaired) electrons. The first kappa shape index (κ1) is 12.9. The summed E-state index contributed by atoms with van der Waals surface area (Å²) < 4.78 is 0. The van der Waals surface area contributed by atoms with Crippen molar-refractivity contribution >= 4 is 11.9 Å². The number of carboxylic acid groups (broad SMARTS) is 2. The van der Waals surface area contributed by atoms with Crippen LogP contribution in [0.2, 0.25) is 0 Å². The van der Waals surface area contributed by atoms with Crippen LogP contribution in [0.4, 0.5) is 0 Å². The fourth-order valence-corrected chi connectivity index (χ4v) is 0.795. The second-order valence-corrected chi connectivity index (χ2v) is 2.79. The number of nitriles is 1. The molecule has 0 unspecified atom stereocenters. The molecule has 0 aliphatic heterocycles. The molecule has 0 aromatic carbocycles. The Hall–Kier alpha value is -2.09. The fourth-order valence-electron chi connectivity index (χ4n) is 0.795. The molecule has 0 amide bonds. The molecule has 0 aliphatic rings. The van der Waals surface area contributed by atoms with Gasteiger partial charge in [-0.25, -0.2) is 9.59 Å². The molecule has 0 fully saturated rings. The van der Waals surface area contributed by atoms with Gasteiger partial charge in [-0.2, -0.15) is 5.26 Å². The molecule has 0 atom stereocenters. The first-order valence-electron chi connectivity index (χ1n) is 4.21. The van der Waals surface area contributed by atoms with Crippen molar-refractivity contribution in [3.05, 3.63) is 23.3 Å². The number of carboxylic acids is 2. The van der Waals surface area contributed by atoms with Gasteiger partial charge in [-0.3, -0.25) is 0 Å².